The van der Waals surface area contributed by atoms with Gasteiger partial charge in [0.05, 0.1) is 33.5 Å². The first-order valence-corrected chi connectivity index (χ1v) is 16.7. The summed E-state index contributed by atoms with van der Waals surface area (Å²) in [6.45, 7) is 4.34. The van der Waals surface area contributed by atoms with Crippen molar-refractivity contribution in [2.24, 2.45) is 5.92 Å². The first-order chi connectivity index (χ1) is 22.1. The van der Waals surface area contributed by atoms with E-state index in [-0.39, 0.29) is 44.9 Å². The van der Waals surface area contributed by atoms with Crippen LogP contribution in [0.25, 0.3) is 16.5 Å². The zero-order valence-electron chi connectivity index (χ0n) is 25.2. The molecule has 12 heteroatoms. The first-order valence-electron chi connectivity index (χ1n) is 14.8. The van der Waals surface area contributed by atoms with Gasteiger partial charge in [-0.3, -0.25) is 9.59 Å². The summed E-state index contributed by atoms with van der Waals surface area (Å²) in [6.07, 6.45) is 7.82. The zero-order valence-corrected chi connectivity index (χ0v) is 26.8. The Kier molecular flexibility index (Phi) is 8.54. The van der Waals surface area contributed by atoms with E-state index in [4.69, 9.17) is 16.3 Å². The molecule has 1 saturated heterocycles. The van der Waals surface area contributed by atoms with Crippen LogP contribution in [0.5, 0.6) is 0 Å². The van der Waals surface area contributed by atoms with Gasteiger partial charge in [0.25, 0.3) is 21.8 Å². The fourth-order valence-electron chi connectivity index (χ4n) is 5.82. The number of amides is 2. The topological polar surface area (TPSA) is 128 Å². The molecular weight excluding hydrogens is 628 g/mol. The van der Waals surface area contributed by atoms with E-state index in [0.29, 0.717) is 30.1 Å². The lowest BCUT2D eigenvalue weighted by molar-refractivity contribution is 0.0518. The average Bonchev–Trinajstić information content (AvgIpc) is 3.36. The van der Waals surface area contributed by atoms with Gasteiger partial charge in [-0.25, -0.2) is 22.6 Å². The summed E-state index contributed by atoms with van der Waals surface area (Å²) in [7, 11) is -4.25. The van der Waals surface area contributed by atoms with Gasteiger partial charge >= 0.3 is 5.97 Å². The molecule has 1 fully saturated rings. The summed E-state index contributed by atoms with van der Waals surface area (Å²) in [4.78, 5) is 41.8. The number of fused-ring (bicyclic) bond motifs is 2. The van der Waals surface area contributed by atoms with E-state index in [2.05, 4.69) is 15.9 Å². The number of nitrogens with one attached hydrogen (secondary N) is 1. The minimum atomic E-state index is -4.25. The number of allylic oxidation sites excluding steroid dienone is 3. The predicted octanol–water partition coefficient (Wildman–Crippen LogP) is 5.63. The van der Waals surface area contributed by atoms with Crippen LogP contribution in [0.3, 0.4) is 0 Å². The second-order valence-corrected chi connectivity index (χ2v) is 13.2. The largest absolute Gasteiger partial charge is 0.461 e. The van der Waals surface area contributed by atoms with Crippen molar-refractivity contribution in [3.05, 3.63) is 112 Å². The van der Waals surface area contributed by atoms with Crippen LogP contribution in [0.15, 0.2) is 89.4 Å². The van der Waals surface area contributed by atoms with Crippen LogP contribution >= 0.6 is 11.6 Å². The van der Waals surface area contributed by atoms with Crippen molar-refractivity contribution >= 4 is 50.2 Å². The van der Waals surface area contributed by atoms with Crippen molar-refractivity contribution in [3.8, 4) is 5.69 Å². The Hall–Kier alpha value is -4.74. The number of carbonyl (C=O) groups excluding carboxylic acids is 3. The van der Waals surface area contributed by atoms with Crippen LogP contribution in [-0.4, -0.2) is 60.6 Å². The summed E-state index contributed by atoms with van der Waals surface area (Å²) >= 11 is 6.48. The molecule has 1 aromatic heterocycles. The minimum absolute atomic E-state index is 0.0484. The Morgan fingerprint density at radius 2 is 1.85 bits per heavy atom. The number of nitrogens with zero attached hydrogens (tertiary/aromatic N) is 3. The van der Waals surface area contributed by atoms with Crippen molar-refractivity contribution in [3.63, 3.8) is 0 Å². The van der Waals surface area contributed by atoms with Crippen molar-refractivity contribution < 1.29 is 27.5 Å². The third kappa shape index (κ3) is 5.95. The number of carbonyl (C=O) groups is 3. The molecule has 1 aliphatic heterocycles. The highest BCUT2D eigenvalue weighted by molar-refractivity contribution is 7.90. The Bertz CT molecular complexity index is 2070. The lowest BCUT2D eigenvalue weighted by atomic mass is 9.85. The smallest absolute Gasteiger partial charge is 0.360 e. The molecule has 236 valence electrons. The van der Waals surface area contributed by atoms with Crippen LogP contribution in [0, 0.1) is 12.8 Å². The summed E-state index contributed by atoms with van der Waals surface area (Å²) < 4.78 is 35.1. The molecule has 2 amide bonds. The second-order valence-electron chi connectivity index (χ2n) is 11.2. The monoisotopic (exact) mass is 658 g/mol. The molecule has 4 aromatic rings. The molecule has 1 aliphatic carbocycles. The minimum Gasteiger partial charge on any atom is -0.461 e. The number of aromatic nitrogens is 2. The maximum atomic E-state index is 14.2. The quantitative estimate of drug-likeness (QED) is 0.255. The number of hydrogen-bond acceptors (Lipinski definition) is 7. The lowest BCUT2D eigenvalue weighted by Crippen LogP contribution is -2.40. The van der Waals surface area contributed by atoms with Crippen molar-refractivity contribution in [1.82, 2.24) is 19.4 Å². The maximum absolute atomic E-state index is 14.2. The highest BCUT2D eigenvalue weighted by Gasteiger charge is 2.31. The van der Waals surface area contributed by atoms with E-state index in [1.165, 1.54) is 35.0 Å². The molecule has 0 radical (unpaired) electrons. The Balaban J connectivity index is 1.38. The van der Waals surface area contributed by atoms with E-state index in [9.17, 15) is 22.8 Å². The standard InChI is InChI=1S/C34H31ClN4O6S/c1-3-45-34(42)31-30(35)21(2)39(36-31)29-15-13-25(19-28(29)33(41)38-17-16-23-9-5-7-11-26(23)20-38)32(40)37-46(43,44)27-14-12-22-8-4-6-10-24(22)18-27/h4-8,10-15,18-19,23H,3,9,16-17,20H2,1-2H3,(H,37,40). The van der Waals surface area contributed by atoms with Crippen molar-refractivity contribution in [2.75, 3.05) is 19.7 Å². The third-order valence-electron chi connectivity index (χ3n) is 8.29. The highest BCUT2D eigenvalue weighted by atomic mass is 35.5. The molecule has 46 heavy (non-hydrogen) atoms. The number of halogens is 1. The number of hydrogen-bond donors (Lipinski definition) is 1. The van der Waals surface area contributed by atoms with Gasteiger partial charge in [0.1, 0.15) is 0 Å². The third-order valence-corrected chi connectivity index (χ3v) is 10.1. The van der Waals surface area contributed by atoms with Crippen LogP contribution in [-0.2, 0) is 14.8 Å². The number of piperidine rings is 1. The Morgan fingerprint density at radius 1 is 1.07 bits per heavy atom. The predicted molar refractivity (Wildman–Crippen MR) is 174 cm³/mol. The normalized spacial score (nSPS) is 16.1. The number of rotatable bonds is 7. The Labute approximate surface area is 271 Å². The van der Waals surface area contributed by atoms with Crippen LogP contribution in [0.4, 0.5) is 0 Å². The number of esters is 1. The SMILES string of the molecule is CCOC(=O)c1nn(-c2ccc(C(=O)NS(=O)(=O)c3ccc4ccccc4c3)cc2C(=O)N2CCC3CC=CC=C3C2)c(C)c1Cl. The number of sulfonamides is 1. The van der Waals surface area contributed by atoms with Crippen molar-refractivity contribution in [1.29, 1.82) is 0 Å². The van der Waals surface area contributed by atoms with Gasteiger partial charge in [-0.15, -0.1) is 0 Å². The fourth-order valence-corrected chi connectivity index (χ4v) is 7.02. The summed E-state index contributed by atoms with van der Waals surface area (Å²) in [6, 6.07) is 16.1. The average molecular weight is 659 g/mol. The number of benzene rings is 3. The molecule has 1 unspecified atom stereocenters. The van der Waals surface area contributed by atoms with Gasteiger partial charge in [-0.2, -0.15) is 5.10 Å². The summed E-state index contributed by atoms with van der Waals surface area (Å²) in [5.74, 6) is -1.63. The number of likely N-dealkylation sites (tertiary alicyclic amines) is 1. The van der Waals surface area contributed by atoms with E-state index in [1.807, 2.05) is 24.3 Å². The molecular formula is C34H31ClN4O6S. The first kappa shape index (κ1) is 31.3. The molecule has 0 bridgehead atoms. The maximum Gasteiger partial charge on any atom is 0.360 e. The fraction of sp³-hybridized carbons (Fsp3) is 0.235. The van der Waals surface area contributed by atoms with E-state index in [0.717, 1.165) is 23.8 Å². The molecule has 1 atom stereocenters. The molecule has 2 heterocycles. The van der Waals surface area contributed by atoms with Crippen LogP contribution in [0.2, 0.25) is 5.02 Å². The molecule has 2 aliphatic rings. The van der Waals surface area contributed by atoms with Gasteiger partial charge in [0.2, 0.25) is 0 Å². The molecule has 0 saturated carbocycles. The van der Waals surface area contributed by atoms with E-state index < -0.39 is 21.9 Å². The number of ether oxygens (including phenoxy) is 1. The molecule has 0 spiro atoms. The van der Waals surface area contributed by atoms with Gasteiger partial charge < -0.3 is 9.64 Å². The zero-order chi connectivity index (χ0) is 32.6. The second kappa shape index (κ2) is 12.6. The van der Waals surface area contributed by atoms with Crippen LogP contribution in [0.1, 0.15) is 56.7 Å². The molecule has 3 aromatic carbocycles. The van der Waals surface area contributed by atoms with E-state index in [1.54, 1.807) is 36.9 Å². The lowest BCUT2D eigenvalue weighted by Gasteiger charge is -2.35. The Morgan fingerprint density at radius 3 is 2.63 bits per heavy atom. The van der Waals surface area contributed by atoms with Gasteiger partial charge in [-0.1, -0.05) is 60.2 Å². The van der Waals surface area contributed by atoms with Crippen molar-refractivity contribution in [2.45, 2.75) is 31.6 Å². The molecule has 10 nitrogen and oxygen atoms in total. The van der Waals surface area contributed by atoms with Gasteiger partial charge in [0, 0.05) is 18.7 Å². The summed E-state index contributed by atoms with van der Waals surface area (Å²) in [5.41, 5.74) is 1.73. The molecule has 1 N–H and O–H groups in total. The van der Waals surface area contributed by atoms with Gasteiger partial charge in [-0.05, 0) is 79.3 Å². The van der Waals surface area contributed by atoms with Crippen LogP contribution < -0.4 is 4.72 Å². The van der Waals surface area contributed by atoms with E-state index >= 15 is 0 Å². The highest BCUT2D eigenvalue weighted by Crippen LogP contribution is 2.32. The molecule has 6 rings (SSSR count). The summed E-state index contributed by atoms with van der Waals surface area (Å²) in [5, 5.41) is 6.01. The van der Waals surface area contributed by atoms with Gasteiger partial charge in [0.15, 0.2) is 5.69 Å².